The highest BCUT2D eigenvalue weighted by Gasteiger charge is 2.48. The zero-order chi connectivity index (χ0) is 9.64. The van der Waals surface area contributed by atoms with Gasteiger partial charge in [0.2, 0.25) is 0 Å². The lowest BCUT2D eigenvalue weighted by Gasteiger charge is -2.11. The van der Waals surface area contributed by atoms with Crippen molar-refractivity contribution in [2.75, 3.05) is 0 Å². The summed E-state index contributed by atoms with van der Waals surface area (Å²) in [5.74, 6) is 0.627. The van der Waals surface area contributed by atoms with Gasteiger partial charge >= 0.3 is 0 Å². The molecule has 0 aromatic heterocycles. The van der Waals surface area contributed by atoms with Crippen LogP contribution in [-0.4, -0.2) is 0 Å². The molecule has 1 aromatic carbocycles. The topological polar surface area (TPSA) is 26.0 Å². The summed E-state index contributed by atoms with van der Waals surface area (Å²) in [5.41, 5.74) is 8.69. The van der Waals surface area contributed by atoms with Crippen LogP contribution in [-0.2, 0) is 5.54 Å². The van der Waals surface area contributed by atoms with E-state index in [4.69, 9.17) is 5.73 Å². The lowest BCUT2D eigenvalue weighted by Crippen LogP contribution is -2.21. The zero-order valence-corrected chi connectivity index (χ0v) is 9.56. The second kappa shape index (κ2) is 2.82. The van der Waals surface area contributed by atoms with Crippen LogP contribution >= 0.6 is 15.9 Å². The van der Waals surface area contributed by atoms with Crippen molar-refractivity contribution < 1.29 is 0 Å². The number of benzene rings is 1. The normalized spacial score (nSPS) is 31.8. The molecule has 13 heavy (non-hydrogen) atoms. The first-order chi connectivity index (χ1) is 6.04. The number of nitrogens with two attached hydrogens (primary N) is 1. The fraction of sp³-hybridized carbons (Fsp3) is 0.455. The van der Waals surface area contributed by atoms with Crippen LogP contribution in [0.1, 0.15) is 24.5 Å². The standard InChI is InChI=1S/C11H14BrN/c1-7-3-4-9(5-10(7)12)11(13)6-8(11)2/h3-5,8H,6,13H2,1-2H3. The maximum atomic E-state index is 6.21. The molecule has 1 fully saturated rings. The summed E-state index contributed by atoms with van der Waals surface area (Å²) in [4.78, 5) is 0. The largest absolute Gasteiger partial charge is 0.321 e. The Bertz CT molecular complexity index is 348. The first-order valence-electron chi connectivity index (χ1n) is 4.59. The van der Waals surface area contributed by atoms with Crippen molar-refractivity contribution in [1.29, 1.82) is 0 Å². The van der Waals surface area contributed by atoms with E-state index in [1.165, 1.54) is 11.1 Å². The number of hydrogen-bond acceptors (Lipinski definition) is 1. The summed E-state index contributed by atoms with van der Waals surface area (Å²) in [5, 5.41) is 0. The monoisotopic (exact) mass is 239 g/mol. The molecule has 1 saturated carbocycles. The van der Waals surface area contributed by atoms with Crippen molar-refractivity contribution in [1.82, 2.24) is 0 Å². The molecule has 0 saturated heterocycles. The molecule has 1 aliphatic carbocycles. The first-order valence-corrected chi connectivity index (χ1v) is 5.39. The molecule has 0 bridgehead atoms. The summed E-state index contributed by atoms with van der Waals surface area (Å²) < 4.78 is 1.16. The Kier molecular flexibility index (Phi) is 2.00. The third-order valence-corrected chi connectivity index (χ3v) is 3.93. The van der Waals surface area contributed by atoms with Gasteiger partial charge in [-0.25, -0.2) is 0 Å². The van der Waals surface area contributed by atoms with Gasteiger partial charge in [0, 0.05) is 10.0 Å². The molecular weight excluding hydrogens is 226 g/mol. The molecule has 0 spiro atoms. The fourth-order valence-electron chi connectivity index (χ4n) is 1.73. The van der Waals surface area contributed by atoms with Gasteiger partial charge in [-0.1, -0.05) is 35.0 Å². The van der Waals surface area contributed by atoms with Crippen LogP contribution < -0.4 is 5.73 Å². The fourth-order valence-corrected chi connectivity index (χ4v) is 2.11. The Hall–Kier alpha value is -0.340. The van der Waals surface area contributed by atoms with Crippen LogP contribution in [0.15, 0.2) is 22.7 Å². The van der Waals surface area contributed by atoms with E-state index in [9.17, 15) is 0 Å². The molecule has 1 aliphatic rings. The Morgan fingerprint density at radius 1 is 1.54 bits per heavy atom. The maximum absolute atomic E-state index is 6.21. The molecule has 1 nitrogen and oxygen atoms in total. The molecule has 2 rings (SSSR count). The molecule has 0 radical (unpaired) electrons. The van der Waals surface area contributed by atoms with Gasteiger partial charge in [-0.05, 0) is 36.5 Å². The average molecular weight is 240 g/mol. The van der Waals surface area contributed by atoms with E-state index in [1.54, 1.807) is 0 Å². The molecule has 2 heteroatoms. The van der Waals surface area contributed by atoms with Gasteiger partial charge < -0.3 is 5.73 Å². The number of aryl methyl sites for hydroxylation is 1. The quantitative estimate of drug-likeness (QED) is 0.802. The molecule has 2 N–H and O–H groups in total. The minimum atomic E-state index is -0.0454. The number of rotatable bonds is 1. The van der Waals surface area contributed by atoms with Crippen molar-refractivity contribution in [3.63, 3.8) is 0 Å². The lowest BCUT2D eigenvalue weighted by molar-refractivity contribution is 0.664. The van der Waals surface area contributed by atoms with Crippen LogP contribution in [0.4, 0.5) is 0 Å². The van der Waals surface area contributed by atoms with E-state index in [1.807, 2.05) is 0 Å². The Balaban J connectivity index is 2.38. The maximum Gasteiger partial charge on any atom is 0.0440 e. The third kappa shape index (κ3) is 1.42. The Labute approximate surface area is 87.5 Å². The highest BCUT2D eigenvalue weighted by molar-refractivity contribution is 9.10. The van der Waals surface area contributed by atoms with E-state index in [2.05, 4.69) is 48.0 Å². The summed E-state index contributed by atoms with van der Waals surface area (Å²) in [7, 11) is 0. The van der Waals surface area contributed by atoms with Gasteiger partial charge in [0.25, 0.3) is 0 Å². The molecule has 0 heterocycles. The second-order valence-electron chi connectivity index (χ2n) is 4.11. The third-order valence-electron chi connectivity index (χ3n) is 3.07. The van der Waals surface area contributed by atoms with Gasteiger partial charge in [-0.3, -0.25) is 0 Å². The molecule has 2 unspecified atom stereocenters. The second-order valence-corrected chi connectivity index (χ2v) is 4.96. The van der Waals surface area contributed by atoms with Crippen molar-refractivity contribution in [2.45, 2.75) is 25.8 Å². The van der Waals surface area contributed by atoms with E-state index in [0.717, 1.165) is 10.9 Å². The molecule has 2 atom stereocenters. The van der Waals surface area contributed by atoms with Gasteiger partial charge in [0.15, 0.2) is 0 Å². The Morgan fingerprint density at radius 2 is 2.15 bits per heavy atom. The van der Waals surface area contributed by atoms with Crippen LogP contribution in [0.5, 0.6) is 0 Å². The van der Waals surface area contributed by atoms with Crippen LogP contribution in [0.2, 0.25) is 0 Å². The predicted octanol–water partition coefficient (Wildman–Crippen LogP) is 2.95. The van der Waals surface area contributed by atoms with Crippen LogP contribution in [0, 0.1) is 12.8 Å². The lowest BCUT2D eigenvalue weighted by atomic mass is 10.0. The van der Waals surface area contributed by atoms with E-state index < -0.39 is 0 Å². The SMILES string of the molecule is Cc1ccc(C2(N)CC2C)cc1Br. The first kappa shape index (κ1) is 9.22. The summed E-state index contributed by atoms with van der Waals surface area (Å²) >= 11 is 3.53. The Morgan fingerprint density at radius 3 is 2.62 bits per heavy atom. The highest BCUT2D eigenvalue weighted by Crippen LogP contribution is 2.49. The van der Waals surface area contributed by atoms with Gasteiger partial charge in [0.05, 0.1) is 0 Å². The average Bonchev–Trinajstić information content (AvgIpc) is 2.67. The molecule has 0 aliphatic heterocycles. The van der Waals surface area contributed by atoms with Crippen molar-refractivity contribution in [2.24, 2.45) is 11.7 Å². The van der Waals surface area contributed by atoms with Gasteiger partial charge in [-0.2, -0.15) is 0 Å². The van der Waals surface area contributed by atoms with Crippen LogP contribution in [0.25, 0.3) is 0 Å². The molecule has 0 amide bonds. The van der Waals surface area contributed by atoms with Gasteiger partial charge in [0.1, 0.15) is 0 Å². The summed E-state index contributed by atoms with van der Waals surface area (Å²) in [6.07, 6.45) is 1.11. The zero-order valence-electron chi connectivity index (χ0n) is 7.97. The minimum Gasteiger partial charge on any atom is -0.321 e. The number of halogens is 1. The van der Waals surface area contributed by atoms with E-state index >= 15 is 0 Å². The summed E-state index contributed by atoms with van der Waals surface area (Å²) in [6, 6.07) is 6.42. The predicted molar refractivity (Wildman–Crippen MR) is 58.5 cm³/mol. The molecule has 1 aromatic rings. The van der Waals surface area contributed by atoms with Crippen molar-refractivity contribution >= 4 is 15.9 Å². The van der Waals surface area contributed by atoms with Crippen molar-refractivity contribution in [3.05, 3.63) is 33.8 Å². The summed E-state index contributed by atoms with van der Waals surface area (Å²) in [6.45, 7) is 4.29. The molecule has 70 valence electrons. The van der Waals surface area contributed by atoms with Gasteiger partial charge in [-0.15, -0.1) is 0 Å². The molecular formula is C11H14BrN. The van der Waals surface area contributed by atoms with Crippen LogP contribution in [0.3, 0.4) is 0 Å². The smallest absolute Gasteiger partial charge is 0.0440 e. The van der Waals surface area contributed by atoms with Crippen molar-refractivity contribution in [3.8, 4) is 0 Å². The van der Waals surface area contributed by atoms with E-state index in [-0.39, 0.29) is 5.54 Å². The van der Waals surface area contributed by atoms with E-state index in [0.29, 0.717) is 5.92 Å². The minimum absolute atomic E-state index is 0.0454. The number of hydrogen-bond donors (Lipinski definition) is 1. The highest BCUT2D eigenvalue weighted by atomic mass is 79.9.